The van der Waals surface area contributed by atoms with Gasteiger partial charge in [-0.1, -0.05) is 6.07 Å². The lowest BCUT2D eigenvalue weighted by Crippen LogP contribution is -2.44. The molecule has 5 nitrogen and oxygen atoms in total. The Morgan fingerprint density at radius 3 is 1.52 bits per heavy atom. The van der Waals surface area contributed by atoms with E-state index in [4.69, 9.17) is 4.98 Å². The monoisotopic (exact) mass is 383 g/mol. The van der Waals surface area contributed by atoms with Gasteiger partial charge in [0.15, 0.2) is 0 Å². The molecule has 0 radical (unpaired) electrons. The van der Waals surface area contributed by atoms with Crippen LogP contribution in [0.2, 0.25) is 0 Å². The standard InChI is InChI=1S/C17H29N5.BrH/c1-19-6-10-21(11-7-19)14-16-4-3-5-17(18-16)15-22-12-8-20(2)9-13-22;/h3-5H,6-15H2,1-2H3;1H. The van der Waals surface area contributed by atoms with Crippen LogP contribution in [0.15, 0.2) is 18.2 Å². The first-order valence-electron chi connectivity index (χ1n) is 8.46. The van der Waals surface area contributed by atoms with Crippen molar-refractivity contribution < 1.29 is 0 Å². The van der Waals surface area contributed by atoms with E-state index in [2.05, 4.69) is 51.9 Å². The second-order valence-electron chi connectivity index (χ2n) is 6.78. The molecule has 1 aromatic rings. The first kappa shape index (κ1) is 18.8. The normalized spacial score (nSPS) is 22.0. The minimum Gasteiger partial charge on any atom is -0.304 e. The molecule has 2 aliphatic heterocycles. The topological polar surface area (TPSA) is 25.9 Å². The predicted molar refractivity (Wildman–Crippen MR) is 100 cm³/mol. The number of piperazine rings is 2. The fourth-order valence-corrected chi connectivity index (χ4v) is 3.18. The van der Waals surface area contributed by atoms with Crippen LogP contribution in [0.1, 0.15) is 11.4 Å². The molecule has 3 heterocycles. The molecular weight excluding hydrogens is 354 g/mol. The average molecular weight is 384 g/mol. The zero-order valence-electron chi connectivity index (χ0n) is 14.4. The molecule has 0 spiro atoms. The molecule has 23 heavy (non-hydrogen) atoms. The number of hydrogen-bond acceptors (Lipinski definition) is 5. The zero-order valence-corrected chi connectivity index (χ0v) is 16.2. The molecule has 0 aromatic carbocycles. The van der Waals surface area contributed by atoms with Crippen LogP contribution < -0.4 is 0 Å². The van der Waals surface area contributed by atoms with Crippen molar-refractivity contribution in [2.24, 2.45) is 0 Å². The van der Waals surface area contributed by atoms with Crippen LogP contribution in [0, 0.1) is 0 Å². The largest absolute Gasteiger partial charge is 0.304 e. The molecule has 130 valence electrons. The summed E-state index contributed by atoms with van der Waals surface area (Å²) in [5.74, 6) is 0. The second kappa shape index (κ2) is 9.08. The van der Waals surface area contributed by atoms with Gasteiger partial charge in [-0.3, -0.25) is 14.8 Å². The smallest absolute Gasteiger partial charge is 0.0547 e. The zero-order chi connectivity index (χ0) is 15.4. The summed E-state index contributed by atoms with van der Waals surface area (Å²) in [7, 11) is 4.40. The number of nitrogens with zero attached hydrogens (tertiary/aromatic N) is 5. The third kappa shape index (κ3) is 5.80. The Balaban J connectivity index is 0.00000192. The lowest BCUT2D eigenvalue weighted by Gasteiger charge is -2.33. The molecule has 0 atom stereocenters. The van der Waals surface area contributed by atoms with Crippen LogP contribution in [0.5, 0.6) is 0 Å². The Bertz CT molecular complexity index is 429. The fraction of sp³-hybridized carbons (Fsp3) is 0.706. The highest BCUT2D eigenvalue weighted by Gasteiger charge is 2.16. The van der Waals surface area contributed by atoms with Crippen molar-refractivity contribution in [1.82, 2.24) is 24.6 Å². The highest BCUT2D eigenvalue weighted by molar-refractivity contribution is 8.93. The number of aromatic nitrogens is 1. The van der Waals surface area contributed by atoms with Gasteiger partial charge in [0.05, 0.1) is 11.4 Å². The summed E-state index contributed by atoms with van der Waals surface area (Å²) in [5, 5.41) is 0. The SMILES string of the molecule is Br.CN1CCN(Cc2cccc(CN3CCN(C)CC3)n2)CC1. The number of rotatable bonds is 4. The Labute approximate surface area is 151 Å². The van der Waals surface area contributed by atoms with E-state index in [9.17, 15) is 0 Å². The van der Waals surface area contributed by atoms with E-state index in [1.807, 2.05) is 0 Å². The molecule has 1 aromatic heterocycles. The van der Waals surface area contributed by atoms with Gasteiger partial charge in [0.1, 0.15) is 0 Å². The van der Waals surface area contributed by atoms with Gasteiger partial charge >= 0.3 is 0 Å². The quantitative estimate of drug-likeness (QED) is 0.776. The van der Waals surface area contributed by atoms with Crippen molar-refractivity contribution in [2.45, 2.75) is 13.1 Å². The maximum absolute atomic E-state index is 4.89. The molecule has 2 fully saturated rings. The van der Waals surface area contributed by atoms with Gasteiger partial charge in [0.25, 0.3) is 0 Å². The van der Waals surface area contributed by atoms with Crippen LogP contribution in [0.4, 0.5) is 0 Å². The van der Waals surface area contributed by atoms with Crippen LogP contribution in [0.25, 0.3) is 0 Å². The molecule has 6 heteroatoms. The minimum atomic E-state index is 0. The molecule has 0 unspecified atom stereocenters. The first-order chi connectivity index (χ1) is 10.7. The molecule has 0 bridgehead atoms. The number of likely N-dealkylation sites (N-methyl/N-ethyl adjacent to an activating group) is 2. The van der Waals surface area contributed by atoms with Gasteiger partial charge in [0, 0.05) is 65.4 Å². The predicted octanol–water partition coefficient (Wildman–Crippen LogP) is 1.15. The molecule has 3 rings (SSSR count). The van der Waals surface area contributed by atoms with E-state index >= 15 is 0 Å². The summed E-state index contributed by atoms with van der Waals surface area (Å²) < 4.78 is 0. The highest BCUT2D eigenvalue weighted by Crippen LogP contribution is 2.10. The van der Waals surface area contributed by atoms with E-state index < -0.39 is 0 Å². The van der Waals surface area contributed by atoms with Crippen molar-refractivity contribution >= 4 is 17.0 Å². The summed E-state index contributed by atoms with van der Waals surface area (Å²) >= 11 is 0. The van der Waals surface area contributed by atoms with Crippen LogP contribution in [-0.2, 0) is 13.1 Å². The van der Waals surface area contributed by atoms with Crippen molar-refractivity contribution in [3.05, 3.63) is 29.6 Å². The Morgan fingerprint density at radius 1 is 0.739 bits per heavy atom. The minimum absolute atomic E-state index is 0. The van der Waals surface area contributed by atoms with Crippen molar-refractivity contribution in [3.63, 3.8) is 0 Å². The summed E-state index contributed by atoms with van der Waals surface area (Å²) in [5.41, 5.74) is 2.44. The summed E-state index contributed by atoms with van der Waals surface area (Å²) in [6.45, 7) is 11.3. The lowest BCUT2D eigenvalue weighted by molar-refractivity contribution is 0.143. The van der Waals surface area contributed by atoms with Crippen LogP contribution >= 0.6 is 17.0 Å². The van der Waals surface area contributed by atoms with E-state index in [0.717, 1.165) is 39.3 Å². The molecule has 0 aliphatic carbocycles. The number of hydrogen-bond donors (Lipinski definition) is 0. The molecule has 2 saturated heterocycles. The summed E-state index contributed by atoms with van der Waals surface area (Å²) in [4.78, 5) is 14.7. The summed E-state index contributed by atoms with van der Waals surface area (Å²) in [6.07, 6.45) is 0. The van der Waals surface area contributed by atoms with Gasteiger partial charge in [-0.25, -0.2) is 0 Å². The molecule has 0 saturated carbocycles. The molecule has 0 N–H and O–H groups in total. The van der Waals surface area contributed by atoms with Crippen molar-refractivity contribution in [1.29, 1.82) is 0 Å². The van der Waals surface area contributed by atoms with Gasteiger partial charge in [-0.05, 0) is 26.2 Å². The van der Waals surface area contributed by atoms with E-state index in [1.54, 1.807) is 0 Å². The fourth-order valence-electron chi connectivity index (χ4n) is 3.18. The van der Waals surface area contributed by atoms with Crippen molar-refractivity contribution in [2.75, 3.05) is 66.5 Å². The van der Waals surface area contributed by atoms with Gasteiger partial charge < -0.3 is 9.80 Å². The van der Waals surface area contributed by atoms with Gasteiger partial charge in [-0.2, -0.15) is 0 Å². The molecule has 0 amide bonds. The highest BCUT2D eigenvalue weighted by atomic mass is 79.9. The Kier molecular flexibility index (Phi) is 7.43. The van der Waals surface area contributed by atoms with Crippen LogP contribution in [0.3, 0.4) is 0 Å². The third-order valence-electron chi connectivity index (χ3n) is 4.83. The average Bonchev–Trinajstić information content (AvgIpc) is 2.52. The third-order valence-corrected chi connectivity index (χ3v) is 4.83. The number of halogens is 1. The van der Waals surface area contributed by atoms with E-state index in [1.165, 1.54) is 37.6 Å². The van der Waals surface area contributed by atoms with Gasteiger partial charge in [0.2, 0.25) is 0 Å². The second-order valence-corrected chi connectivity index (χ2v) is 6.78. The molecular formula is C17H30BrN5. The molecule has 2 aliphatic rings. The number of pyridine rings is 1. The van der Waals surface area contributed by atoms with E-state index in [-0.39, 0.29) is 17.0 Å². The Hall–Kier alpha value is -0.530. The lowest BCUT2D eigenvalue weighted by atomic mass is 10.2. The summed E-state index contributed by atoms with van der Waals surface area (Å²) in [6, 6.07) is 6.52. The maximum Gasteiger partial charge on any atom is 0.0547 e. The maximum atomic E-state index is 4.89. The van der Waals surface area contributed by atoms with Crippen molar-refractivity contribution in [3.8, 4) is 0 Å². The van der Waals surface area contributed by atoms with Crippen LogP contribution in [-0.4, -0.2) is 91.0 Å². The van der Waals surface area contributed by atoms with E-state index in [0.29, 0.717) is 0 Å². The van der Waals surface area contributed by atoms with Gasteiger partial charge in [-0.15, -0.1) is 17.0 Å². The Morgan fingerprint density at radius 2 is 1.13 bits per heavy atom. The first-order valence-corrected chi connectivity index (χ1v) is 8.46.